The van der Waals surface area contributed by atoms with Gasteiger partial charge in [0.2, 0.25) is 0 Å². The first kappa shape index (κ1) is 23.1. The minimum atomic E-state index is -0.542. The van der Waals surface area contributed by atoms with Crippen LogP contribution in [0.25, 0.3) is 21.2 Å². The van der Waals surface area contributed by atoms with Crippen LogP contribution in [-0.2, 0) is 4.74 Å². The van der Waals surface area contributed by atoms with Crippen molar-refractivity contribution in [2.45, 2.75) is 20.0 Å². The van der Waals surface area contributed by atoms with Crippen LogP contribution in [0.1, 0.15) is 33.9 Å². The Kier molecular flexibility index (Phi) is 6.79. The Morgan fingerprint density at radius 3 is 2.47 bits per heavy atom. The summed E-state index contributed by atoms with van der Waals surface area (Å²) in [6.45, 7) is 3.52. The molecule has 1 N–H and O–H groups in total. The number of anilines is 1. The van der Waals surface area contributed by atoms with Crippen molar-refractivity contribution in [1.82, 2.24) is 0 Å². The number of nitrogens with one attached hydrogen (secondary N) is 1. The fraction of sp³-hybridized carbons (Fsp3) is 0.130. The van der Waals surface area contributed by atoms with Crippen molar-refractivity contribution in [1.29, 1.82) is 0 Å². The third-order valence-electron chi connectivity index (χ3n) is 4.54. The molecule has 4 rings (SSSR count). The standard InChI is InChI=1S/C23H16Cl3NO3S2/c1-11(2)30-23(29)18-14(12-7-8-15(24)16(25)9-12)10-31-22(18)27-21(28)20-19(26)13-5-3-4-6-17(13)32-20/h3-11H,1-2H3,(H,27,28). The SMILES string of the molecule is CC(C)OC(=O)c1c(-c2ccc(Cl)c(Cl)c2)csc1NC(=O)c1sc2ccccc2c1Cl. The highest BCUT2D eigenvalue weighted by atomic mass is 35.5. The summed E-state index contributed by atoms with van der Waals surface area (Å²) in [6.07, 6.45) is -0.329. The van der Waals surface area contributed by atoms with Crippen LogP contribution in [0.3, 0.4) is 0 Å². The number of halogens is 3. The maximum atomic E-state index is 13.1. The van der Waals surface area contributed by atoms with Gasteiger partial charge in [0.25, 0.3) is 5.91 Å². The first-order valence-electron chi connectivity index (χ1n) is 9.52. The second kappa shape index (κ2) is 9.41. The highest BCUT2D eigenvalue weighted by molar-refractivity contribution is 7.22. The molecule has 0 atom stereocenters. The highest BCUT2D eigenvalue weighted by Gasteiger charge is 2.26. The van der Waals surface area contributed by atoms with Crippen LogP contribution in [0.2, 0.25) is 15.1 Å². The number of amides is 1. The lowest BCUT2D eigenvalue weighted by Crippen LogP contribution is -2.16. The average Bonchev–Trinajstić information content (AvgIpc) is 3.31. The van der Waals surface area contributed by atoms with E-state index in [0.29, 0.717) is 36.1 Å². The molecular weight excluding hydrogens is 509 g/mol. The van der Waals surface area contributed by atoms with Crippen LogP contribution in [0.5, 0.6) is 0 Å². The molecule has 0 spiro atoms. The summed E-state index contributed by atoms with van der Waals surface area (Å²) < 4.78 is 6.35. The molecule has 0 unspecified atom stereocenters. The van der Waals surface area contributed by atoms with Gasteiger partial charge in [0.15, 0.2) is 0 Å². The number of hydrogen-bond acceptors (Lipinski definition) is 5. The number of thiophene rings is 2. The number of ether oxygens (including phenoxy) is 1. The number of benzene rings is 2. The quantitative estimate of drug-likeness (QED) is 0.267. The number of esters is 1. The largest absolute Gasteiger partial charge is 0.459 e. The van der Waals surface area contributed by atoms with Crippen LogP contribution < -0.4 is 5.32 Å². The predicted octanol–water partition coefficient (Wildman–Crippen LogP) is 8.41. The fourth-order valence-corrected chi connectivity index (χ4v) is 5.78. The zero-order valence-corrected chi connectivity index (χ0v) is 20.8. The molecule has 4 aromatic rings. The summed E-state index contributed by atoms with van der Waals surface area (Å²) in [7, 11) is 0. The average molecular weight is 525 g/mol. The number of rotatable bonds is 5. The molecule has 1 amide bonds. The van der Waals surface area contributed by atoms with Gasteiger partial charge in [0.05, 0.1) is 21.2 Å². The molecule has 164 valence electrons. The number of fused-ring (bicyclic) bond motifs is 1. The lowest BCUT2D eigenvalue weighted by molar-refractivity contribution is 0.0380. The van der Waals surface area contributed by atoms with Gasteiger partial charge >= 0.3 is 5.97 Å². The summed E-state index contributed by atoms with van der Waals surface area (Å²) in [4.78, 5) is 26.4. The zero-order chi connectivity index (χ0) is 23.0. The van der Waals surface area contributed by atoms with Gasteiger partial charge in [-0.3, -0.25) is 4.79 Å². The Hall–Kier alpha value is -2.09. The third kappa shape index (κ3) is 4.51. The van der Waals surface area contributed by atoms with E-state index in [2.05, 4.69) is 5.32 Å². The van der Waals surface area contributed by atoms with Crippen molar-refractivity contribution >= 4 is 84.4 Å². The van der Waals surface area contributed by atoms with Crippen molar-refractivity contribution in [3.8, 4) is 11.1 Å². The maximum absolute atomic E-state index is 13.1. The van der Waals surface area contributed by atoms with E-state index >= 15 is 0 Å². The van der Waals surface area contributed by atoms with Gasteiger partial charge < -0.3 is 10.1 Å². The van der Waals surface area contributed by atoms with E-state index in [1.54, 1.807) is 37.4 Å². The molecule has 2 aromatic carbocycles. The maximum Gasteiger partial charge on any atom is 0.342 e. The van der Waals surface area contributed by atoms with E-state index in [9.17, 15) is 9.59 Å². The predicted molar refractivity (Wildman–Crippen MR) is 135 cm³/mol. The van der Waals surface area contributed by atoms with Gasteiger partial charge in [-0.25, -0.2) is 4.79 Å². The molecule has 0 aliphatic carbocycles. The lowest BCUT2D eigenvalue weighted by Gasteiger charge is -2.12. The molecule has 0 radical (unpaired) electrons. The van der Waals surface area contributed by atoms with Crippen LogP contribution in [0.4, 0.5) is 5.00 Å². The highest BCUT2D eigenvalue weighted by Crippen LogP contribution is 2.40. The normalized spacial score (nSPS) is 11.2. The Morgan fingerprint density at radius 1 is 1.03 bits per heavy atom. The van der Waals surface area contributed by atoms with Crippen molar-refractivity contribution in [2.75, 3.05) is 5.32 Å². The van der Waals surface area contributed by atoms with E-state index in [1.165, 1.54) is 22.7 Å². The van der Waals surface area contributed by atoms with Crippen LogP contribution in [0.15, 0.2) is 47.8 Å². The van der Waals surface area contributed by atoms with Gasteiger partial charge in [-0.15, -0.1) is 22.7 Å². The van der Waals surface area contributed by atoms with Gasteiger partial charge in [-0.05, 0) is 37.6 Å². The summed E-state index contributed by atoms with van der Waals surface area (Å²) in [6, 6.07) is 12.6. The first-order valence-corrected chi connectivity index (χ1v) is 12.4. The minimum Gasteiger partial charge on any atom is -0.459 e. The smallest absolute Gasteiger partial charge is 0.342 e. The van der Waals surface area contributed by atoms with E-state index < -0.39 is 11.9 Å². The molecule has 9 heteroatoms. The summed E-state index contributed by atoms with van der Waals surface area (Å²) >= 11 is 21.2. The Labute approximate surface area is 207 Å². The first-order chi connectivity index (χ1) is 15.3. The van der Waals surface area contributed by atoms with E-state index in [1.807, 2.05) is 24.3 Å². The van der Waals surface area contributed by atoms with Crippen molar-refractivity contribution in [3.05, 3.63) is 73.4 Å². The van der Waals surface area contributed by atoms with Gasteiger partial charge in [0.1, 0.15) is 15.4 Å². The van der Waals surface area contributed by atoms with Crippen LogP contribution in [0, 0.1) is 0 Å². The van der Waals surface area contributed by atoms with Crippen LogP contribution >= 0.6 is 57.5 Å². The minimum absolute atomic E-state index is 0.257. The fourth-order valence-electron chi connectivity index (χ4n) is 3.12. The van der Waals surface area contributed by atoms with Crippen molar-refractivity contribution in [3.63, 3.8) is 0 Å². The lowest BCUT2D eigenvalue weighted by atomic mass is 10.0. The van der Waals surface area contributed by atoms with Gasteiger partial charge in [0, 0.05) is 21.0 Å². The molecule has 2 heterocycles. The molecule has 0 saturated carbocycles. The van der Waals surface area contributed by atoms with Crippen molar-refractivity contribution < 1.29 is 14.3 Å². The van der Waals surface area contributed by atoms with E-state index in [0.717, 1.165) is 10.1 Å². The molecule has 2 aromatic heterocycles. The topological polar surface area (TPSA) is 55.4 Å². The molecule has 32 heavy (non-hydrogen) atoms. The van der Waals surface area contributed by atoms with Crippen molar-refractivity contribution in [2.24, 2.45) is 0 Å². The molecule has 4 nitrogen and oxygen atoms in total. The molecule has 0 fully saturated rings. The van der Waals surface area contributed by atoms with Crippen LogP contribution in [-0.4, -0.2) is 18.0 Å². The molecule has 0 bridgehead atoms. The molecule has 0 aliphatic heterocycles. The number of hydrogen-bond donors (Lipinski definition) is 1. The summed E-state index contributed by atoms with van der Waals surface area (Å²) in [5.41, 5.74) is 1.54. The molecule has 0 saturated heterocycles. The Morgan fingerprint density at radius 2 is 1.78 bits per heavy atom. The molecule has 0 aliphatic rings. The third-order valence-corrected chi connectivity index (χ3v) is 7.85. The van der Waals surface area contributed by atoms with Gasteiger partial charge in [-0.2, -0.15) is 0 Å². The molecular formula is C23H16Cl3NO3S2. The van der Waals surface area contributed by atoms with E-state index in [4.69, 9.17) is 39.5 Å². The summed E-state index contributed by atoms with van der Waals surface area (Å²) in [5, 5.41) is 6.96. The Bertz CT molecular complexity index is 1340. The van der Waals surface area contributed by atoms with Gasteiger partial charge in [-0.1, -0.05) is 59.1 Å². The zero-order valence-electron chi connectivity index (χ0n) is 16.9. The van der Waals surface area contributed by atoms with E-state index in [-0.39, 0.29) is 11.7 Å². The summed E-state index contributed by atoms with van der Waals surface area (Å²) in [5.74, 6) is -0.933. The number of carbonyl (C=O) groups is 2. The second-order valence-corrected chi connectivity index (χ2v) is 10.3. The monoisotopic (exact) mass is 523 g/mol. The second-order valence-electron chi connectivity index (χ2n) is 7.13. The number of carbonyl (C=O) groups excluding carboxylic acids is 2. The Balaban J connectivity index is 1.75.